The van der Waals surface area contributed by atoms with E-state index in [1.165, 1.54) is 0 Å². The molecule has 0 aromatic carbocycles. The van der Waals surface area contributed by atoms with Gasteiger partial charge in [-0.05, 0) is 51.2 Å². The molecule has 1 atom stereocenters. The first-order valence-corrected chi connectivity index (χ1v) is 7.13. The Balaban J connectivity index is 2.46. The third kappa shape index (κ3) is 2.93. The second-order valence-electron chi connectivity index (χ2n) is 5.44. The lowest BCUT2D eigenvalue weighted by Gasteiger charge is -2.37. The molecule has 1 fully saturated rings. The number of aromatic nitrogens is 1. The van der Waals surface area contributed by atoms with Gasteiger partial charge in [0.1, 0.15) is 11.4 Å². The minimum atomic E-state index is -0.932. The van der Waals surface area contributed by atoms with Gasteiger partial charge in [-0.2, -0.15) is 0 Å². The van der Waals surface area contributed by atoms with Gasteiger partial charge in [-0.25, -0.2) is 9.78 Å². The fourth-order valence-corrected chi connectivity index (χ4v) is 3.02. The maximum absolute atomic E-state index is 11.5. The van der Waals surface area contributed by atoms with Crippen LogP contribution in [0.15, 0.2) is 6.07 Å². The van der Waals surface area contributed by atoms with Crippen LogP contribution in [0.1, 0.15) is 47.3 Å². The van der Waals surface area contributed by atoms with Crippen LogP contribution in [0.3, 0.4) is 0 Å². The first kappa shape index (κ1) is 14.8. The molecule has 1 aliphatic rings. The van der Waals surface area contributed by atoms with Crippen molar-refractivity contribution in [2.75, 3.05) is 18.1 Å². The molecule has 0 aliphatic carbocycles. The molecular formula is C15H22N2O3. The molecule has 1 unspecified atom stereocenters. The van der Waals surface area contributed by atoms with Crippen LogP contribution in [-0.4, -0.2) is 40.4 Å². The van der Waals surface area contributed by atoms with Crippen molar-refractivity contribution in [2.45, 2.75) is 45.6 Å². The number of piperidine rings is 1. The van der Waals surface area contributed by atoms with Gasteiger partial charge in [0.25, 0.3) is 0 Å². The topological polar surface area (TPSA) is 73.7 Å². The number of nitrogens with zero attached hydrogens (tertiary/aromatic N) is 2. The molecule has 0 bridgehead atoms. The lowest BCUT2D eigenvalue weighted by Crippen LogP contribution is -2.41. The van der Waals surface area contributed by atoms with Crippen LogP contribution in [0.5, 0.6) is 0 Å². The number of aliphatic hydroxyl groups is 1. The van der Waals surface area contributed by atoms with Crippen molar-refractivity contribution in [3.05, 3.63) is 22.9 Å². The third-order valence-corrected chi connectivity index (χ3v) is 3.90. The van der Waals surface area contributed by atoms with E-state index in [2.05, 4.69) is 9.88 Å². The fourth-order valence-electron chi connectivity index (χ4n) is 3.02. The Morgan fingerprint density at radius 1 is 1.45 bits per heavy atom. The molecule has 0 amide bonds. The largest absolute Gasteiger partial charge is 0.478 e. The molecule has 1 aromatic heterocycles. The predicted octanol–water partition coefficient (Wildman–Crippen LogP) is 2.14. The summed E-state index contributed by atoms with van der Waals surface area (Å²) in [6.07, 6.45) is 3.80. The van der Waals surface area contributed by atoms with Gasteiger partial charge >= 0.3 is 5.97 Å². The summed E-state index contributed by atoms with van der Waals surface area (Å²) in [6.45, 7) is 4.62. The van der Waals surface area contributed by atoms with E-state index < -0.39 is 5.97 Å². The second kappa shape index (κ2) is 6.22. The van der Waals surface area contributed by atoms with Gasteiger partial charge in [-0.15, -0.1) is 0 Å². The average Bonchev–Trinajstić information content (AvgIpc) is 2.38. The summed E-state index contributed by atoms with van der Waals surface area (Å²) in [5.74, 6) is -0.369. The van der Waals surface area contributed by atoms with Crippen LogP contribution in [0.2, 0.25) is 0 Å². The maximum atomic E-state index is 11.5. The van der Waals surface area contributed by atoms with Gasteiger partial charge in [0.05, 0.1) is 0 Å². The number of aryl methyl sites for hydroxylation is 2. The smallest absolute Gasteiger partial charge is 0.339 e. The number of carboxylic acids is 1. The summed E-state index contributed by atoms with van der Waals surface area (Å²) in [7, 11) is 0. The van der Waals surface area contributed by atoms with Crippen molar-refractivity contribution in [1.82, 2.24) is 4.98 Å². The predicted molar refractivity (Wildman–Crippen MR) is 77.4 cm³/mol. The molecule has 5 heteroatoms. The van der Waals surface area contributed by atoms with Crippen LogP contribution >= 0.6 is 0 Å². The number of rotatable bonds is 4. The molecule has 20 heavy (non-hydrogen) atoms. The number of anilines is 1. The van der Waals surface area contributed by atoms with Gasteiger partial charge in [-0.1, -0.05) is 0 Å². The first-order valence-electron chi connectivity index (χ1n) is 7.13. The molecule has 2 rings (SSSR count). The Morgan fingerprint density at radius 3 is 2.85 bits per heavy atom. The lowest BCUT2D eigenvalue weighted by atomic mass is 9.98. The highest BCUT2D eigenvalue weighted by Gasteiger charge is 2.28. The quantitative estimate of drug-likeness (QED) is 0.882. The van der Waals surface area contributed by atoms with Gasteiger partial charge in [0.2, 0.25) is 0 Å². The molecule has 0 spiro atoms. The molecule has 2 heterocycles. The number of aliphatic hydroxyl groups excluding tert-OH is 1. The molecular weight excluding hydrogens is 256 g/mol. The number of carboxylic acid groups (broad SMARTS) is 1. The van der Waals surface area contributed by atoms with Crippen LogP contribution in [-0.2, 0) is 0 Å². The zero-order valence-electron chi connectivity index (χ0n) is 12.1. The van der Waals surface area contributed by atoms with Crippen molar-refractivity contribution >= 4 is 11.8 Å². The lowest BCUT2D eigenvalue weighted by molar-refractivity contribution is 0.0696. The zero-order valence-corrected chi connectivity index (χ0v) is 12.1. The van der Waals surface area contributed by atoms with Gasteiger partial charge in [0.15, 0.2) is 0 Å². The van der Waals surface area contributed by atoms with Crippen molar-refractivity contribution < 1.29 is 15.0 Å². The fraction of sp³-hybridized carbons (Fsp3) is 0.600. The molecule has 2 N–H and O–H groups in total. The van der Waals surface area contributed by atoms with E-state index in [4.69, 9.17) is 0 Å². The number of hydrogen-bond acceptors (Lipinski definition) is 4. The summed E-state index contributed by atoms with van der Waals surface area (Å²) in [6, 6.07) is 1.98. The summed E-state index contributed by atoms with van der Waals surface area (Å²) in [5.41, 5.74) is 1.87. The summed E-state index contributed by atoms with van der Waals surface area (Å²) < 4.78 is 0. The minimum Gasteiger partial charge on any atom is -0.478 e. The minimum absolute atomic E-state index is 0.119. The number of aromatic carboxylic acids is 1. The van der Waals surface area contributed by atoms with E-state index in [1.807, 2.05) is 13.8 Å². The van der Waals surface area contributed by atoms with Crippen LogP contribution in [0.25, 0.3) is 0 Å². The Hall–Kier alpha value is -1.62. The number of pyridine rings is 1. The average molecular weight is 278 g/mol. The Bertz CT molecular complexity index is 500. The van der Waals surface area contributed by atoms with E-state index in [0.717, 1.165) is 37.1 Å². The van der Waals surface area contributed by atoms with Crippen molar-refractivity contribution in [3.8, 4) is 0 Å². The van der Waals surface area contributed by atoms with Crippen LogP contribution < -0.4 is 4.90 Å². The highest BCUT2D eigenvalue weighted by atomic mass is 16.4. The highest BCUT2D eigenvalue weighted by molar-refractivity contribution is 5.95. The van der Waals surface area contributed by atoms with E-state index >= 15 is 0 Å². The zero-order chi connectivity index (χ0) is 14.7. The molecule has 0 saturated carbocycles. The molecule has 5 nitrogen and oxygen atoms in total. The summed E-state index contributed by atoms with van der Waals surface area (Å²) >= 11 is 0. The molecule has 1 aromatic rings. The van der Waals surface area contributed by atoms with E-state index in [0.29, 0.717) is 17.8 Å². The molecule has 110 valence electrons. The van der Waals surface area contributed by atoms with E-state index in [-0.39, 0.29) is 12.6 Å². The SMILES string of the molecule is Cc1cc(C)c(C(=O)O)c(N2CCCCC2CCO)n1. The highest BCUT2D eigenvalue weighted by Crippen LogP contribution is 2.30. The molecule has 1 saturated heterocycles. The second-order valence-corrected chi connectivity index (χ2v) is 5.44. The number of hydrogen-bond donors (Lipinski definition) is 2. The van der Waals surface area contributed by atoms with E-state index in [9.17, 15) is 15.0 Å². The molecule has 1 aliphatic heterocycles. The van der Waals surface area contributed by atoms with Crippen LogP contribution in [0, 0.1) is 13.8 Å². The Labute approximate surface area is 119 Å². The van der Waals surface area contributed by atoms with Gasteiger partial charge < -0.3 is 15.1 Å². The summed E-state index contributed by atoms with van der Waals surface area (Å²) in [4.78, 5) is 18.1. The van der Waals surface area contributed by atoms with Crippen molar-refractivity contribution in [2.24, 2.45) is 0 Å². The maximum Gasteiger partial charge on any atom is 0.339 e. The Kier molecular flexibility index (Phi) is 4.60. The third-order valence-electron chi connectivity index (χ3n) is 3.90. The standard InChI is InChI=1S/C15H22N2O3/c1-10-9-11(2)16-14(13(10)15(19)20)17-7-4-3-5-12(17)6-8-18/h9,12,18H,3-8H2,1-2H3,(H,19,20). The van der Waals surface area contributed by atoms with Gasteiger partial charge in [-0.3, -0.25) is 0 Å². The van der Waals surface area contributed by atoms with Crippen molar-refractivity contribution in [3.63, 3.8) is 0 Å². The normalized spacial score (nSPS) is 19.1. The molecule has 0 radical (unpaired) electrons. The summed E-state index contributed by atoms with van der Waals surface area (Å²) in [5, 5.41) is 18.7. The van der Waals surface area contributed by atoms with Crippen LogP contribution in [0.4, 0.5) is 5.82 Å². The van der Waals surface area contributed by atoms with Crippen molar-refractivity contribution in [1.29, 1.82) is 0 Å². The van der Waals surface area contributed by atoms with E-state index in [1.54, 1.807) is 6.07 Å². The monoisotopic (exact) mass is 278 g/mol. The number of carbonyl (C=O) groups is 1. The Morgan fingerprint density at radius 2 is 2.20 bits per heavy atom. The van der Waals surface area contributed by atoms with Gasteiger partial charge in [0, 0.05) is 24.9 Å². The first-order chi connectivity index (χ1) is 9.54.